The Hall–Kier alpha value is -3.68. The Kier molecular flexibility index (Phi) is 5.81. The van der Waals surface area contributed by atoms with Gasteiger partial charge in [-0.25, -0.2) is 9.37 Å². The van der Waals surface area contributed by atoms with Crippen molar-refractivity contribution in [3.8, 4) is 5.75 Å². The van der Waals surface area contributed by atoms with Gasteiger partial charge in [0.05, 0.1) is 25.3 Å². The van der Waals surface area contributed by atoms with Crippen molar-refractivity contribution in [1.29, 1.82) is 0 Å². The van der Waals surface area contributed by atoms with Gasteiger partial charge in [-0.05, 0) is 35.7 Å². The summed E-state index contributed by atoms with van der Waals surface area (Å²) in [5, 5.41) is 3.07. The van der Waals surface area contributed by atoms with Gasteiger partial charge in [0.15, 0.2) is 0 Å². The Balaban J connectivity index is 1.41. The van der Waals surface area contributed by atoms with E-state index in [2.05, 4.69) is 37.2 Å². The Labute approximate surface area is 192 Å². The van der Waals surface area contributed by atoms with Gasteiger partial charge in [-0.1, -0.05) is 18.2 Å². The number of carbonyl (C=O) groups excluding carboxylic acids is 1. The molecular formula is C25H26FN5O2. The predicted octanol–water partition coefficient (Wildman–Crippen LogP) is 2.81. The van der Waals surface area contributed by atoms with Crippen LogP contribution in [0.5, 0.6) is 5.75 Å². The summed E-state index contributed by atoms with van der Waals surface area (Å²) in [7, 11) is 1.67. The summed E-state index contributed by atoms with van der Waals surface area (Å²) in [6, 6.07) is 12.3. The van der Waals surface area contributed by atoms with Crippen LogP contribution in [-0.4, -0.2) is 48.7 Å². The van der Waals surface area contributed by atoms with Crippen molar-refractivity contribution in [2.45, 2.75) is 19.0 Å². The number of nitrogens with zero attached hydrogens (tertiary/aromatic N) is 4. The normalized spacial score (nSPS) is 19.5. The number of hydrogen-bond donors (Lipinski definition) is 1. The number of ether oxygens (including phenoxy) is 1. The summed E-state index contributed by atoms with van der Waals surface area (Å²) in [5.74, 6) is 1.11. The first kappa shape index (κ1) is 21.2. The lowest BCUT2D eigenvalue weighted by molar-refractivity contribution is -0.126. The Morgan fingerprint density at radius 1 is 1.18 bits per heavy atom. The SMILES string of the molecule is COc1ccc2c(c1)N1CCN(c3cnccn3)C[C@H]1[C@H](C(=O)NCc1ccc(F)cc1)C2. The molecule has 1 saturated heterocycles. The summed E-state index contributed by atoms with van der Waals surface area (Å²) in [5.41, 5.74) is 3.13. The van der Waals surface area contributed by atoms with Crippen LogP contribution < -0.4 is 19.9 Å². The number of rotatable bonds is 5. The monoisotopic (exact) mass is 447 g/mol. The quantitative estimate of drug-likeness (QED) is 0.649. The number of nitrogens with one attached hydrogen (secondary N) is 1. The van der Waals surface area contributed by atoms with Gasteiger partial charge in [-0.3, -0.25) is 9.78 Å². The Bertz CT molecular complexity index is 1130. The van der Waals surface area contributed by atoms with Crippen LogP contribution in [0.2, 0.25) is 0 Å². The zero-order valence-corrected chi connectivity index (χ0v) is 18.4. The van der Waals surface area contributed by atoms with E-state index >= 15 is 0 Å². The fourth-order valence-electron chi connectivity index (χ4n) is 4.79. The average molecular weight is 448 g/mol. The summed E-state index contributed by atoms with van der Waals surface area (Å²) >= 11 is 0. The summed E-state index contributed by atoms with van der Waals surface area (Å²) in [6.07, 6.45) is 5.76. The summed E-state index contributed by atoms with van der Waals surface area (Å²) < 4.78 is 18.7. The molecule has 3 heterocycles. The minimum Gasteiger partial charge on any atom is -0.497 e. The first-order valence-corrected chi connectivity index (χ1v) is 11.1. The van der Waals surface area contributed by atoms with Crippen LogP contribution in [0.25, 0.3) is 0 Å². The maximum atomic E-state index is 13.4. The van der Waals surface area contributed by atoms with Crippen LogP contribution in [0.15, 0.2) is 61.1 Å². The smallest absolute Gasteiger partial charge is 0.225 e. The van der Waals surface area contributed by atoms with Crippen molar-refractivity contribution in [3.05, 3.63) is 78.0 Å². The molecule has 0 spiro atoms. The maximum Gasteiger partial charge on any atom is 0.225 e. The standard InChI is InChI=1S/C25H26FN5O2/c1-33-20-7-4-18-12-21(25(32)29-14-17-2-5-19(26)6-3-17)23-16-30(24-15-27-8-9-28-24)10-11-31(23)22(18)13-20/h2-9,13,15,21,23H,10-12,14,16H2,1H3,(H,29,32)/t21-,23+/m1/s1. The minimum absolute atomic E-state index is 0.00297. The highest BCUT2D eigenvalue weighted by Crippen LogP contribution is 2.38. The molecule has 0 saturated carbocycles. The zero-order valence-electron chi connectivity index (χ0n) is 18.4. The van der Waals surface area contributed by atoms with E-state index in [1.807, 2.05) is 6.07 Å². The molecule has 2 aromatic carbocycles. The number of fused-ring (bicyclic) bond motifs is 3. The molecule has 3 aromatic rings. The van der Waals surface area contributed by atoms with E-state index in [0.29, 0.717) is 19.5 Å². The topological polar surface area (TPSA) is 70.6 Å². The van der Waals surface area contributed by atoms with Gasteiger partial charge in [-0.2, -0.15) is 0 Å². The molecule has 2 aliphatic heterocycles. The highest BCUT2D eigenvalue weighted by atomic mass is 19.1. The van der Waals surface area contributed by atoms with Crippen LogP contribution >= 0.6 is 0 Å². The third-order valence-electron chi connectivity index (χ3n) is 6.52. The van der Waals surface area contributed by atoms with E-state index in [4.69, 9.17) is 4.74 Å². The fraction of sp³-hybridized carbons (Fsp3) is 0.320. The van der Waals surface area contributed by atoms with Crippen molar-refractivity contribution in [3.63, 3.8) is 0 Å². The second-order valence-electron chi connectivity index (χ2n) is 8.42. The van der Waals surface area contributed by atoms with Gasteiger partial charge in [-0.15, -0.1) is 0 Å². The molecule has 0 radical (unpaired) electrons. The molecule has 7 nitrogen and oxygen atoms in total. The number of benzene rings is 2. The minimum atomic E-state index is -0.286. The van der Waals surface area contributed by atoms with E-state index < -0.39 is 0 Å². The number of aromatic nitrogens is 2. The van der Waals surface area contributed by atoms with Gasteiger partial charge in [0.2, 0.25) is 5.91 Å². The van der Waals surface area contributed by atoms with Crippen LogP contribution in [0.1, 0.15) is 11.1 Å². The fourth-order valence-corrected chi connectivity index (χ4v) is 4.79. The average Bonchev–Trinajstić information content (AvgIpc) is 2.87. The van der Waals surface area contributed by atoms with Crippen LogP contribution in [0.3, 0.4) is 0 Å². The van der Waals surface area contributed by atoms with Crippen molar-refractivity contribution in [2.75, 3.05) is 36.5 Å². The Morgan fingerprint density at radius 2 is 2.03 bits per heavy atom. The predicted molar refractivity (Wildman–Crippen MR) is 124 cm³/mol. The highest BCUT2D eigenvalue weighted by Gasteiger charge is 2.42. The molecule has 33 heavy (non-hydrogen) atoms. The lowest BCUT2D eigenvalue weighted by atomic mass is 9.83. The molecule has 1 aromatic heterocycles. The molecule has 2 aliphatic rings. The first-order valence-electron chi connectivity index (χ1n) is 11.1. The van der Waals surface area contributed by atoms with Crippen molar-refractivity contribution >= 4 is 17.4 Å². The molecule has 5 rings (SSSR count). The number of halogens is 1. The van der Waals surface area contributed by atoms with Crippen molar-refractivity contribution in [1.82, 2.24) is 15.3 Å². The molecular weight excluding hydrogens is 421 g/mol. The van der Waals surface area contributed by atoms with E-state index in [9.17, 15) is 9.18 Å². The molecule has 1 N–H and O–H groups in total. The summed E-state index contributed by atoms with van der Waals surface area (Å²) in [4.78, 5) is 26.6. The van der Waals surface area contributed by atoms with Crippen molar-refractivity contribution < 1.29 is 13.9 Å². The molecule has 0 unspecified atom stereocenters. The van der Waals surface area contributed by atoms with E-state index in [1.165, 1.54) is 12.1 Å². The number of methoxy groups -OCH3 is 1. The van der Waals surface area contributed by atoms with Crippen LogP contribution in [0.4, 0.5) is 15.9 Å². The second-order valence-corrected chi connectivity index (χ2v) is 8.42. The maximum absolute atomic E-state index is 13.4. The van der Waals surface area contributed by atoms with Crippen LogP contribution in [0, 0.1) is 11.7 Å². The van der Waals surface area contributed by atoms with Gasteiger partial charge in [0, 0.05) is 50.3 Å². The van der Waals surface area contributed by atoms with E-state index in [-0.39, 0.29) is 23.7 Å². The molecule has 0 bridgehead atoms. The third-order valence-corrected chi connectivity index (χ3v) is 6.52. The number of anilines is 2. The zero-order chi connectivity index (χ0) is 22.8. The molecule has 1 amide bonds. The van der Waals surface area contributed by atoms with Gasteiger partial charge < -0.3 is 19.9 Å². The third kappa shape index (κ3) is 4.33. The molecule has 8 heteroatoms. The number of carbonyl (C=O) groups is 1. The molecule has 0 aliphatic carbocycles. The molecule has 170 valence electrons. The van der Waals surface area contributed by atoms with E-state index in [1.54, 1.807) is 37.8 Å². The molecule has 1 fully saturated rings. The highest BCUT2D eigenvalue weighted by molar-refractivity contribution is 5.82. The van der Waals surface area contributed by atoms with E-state index in [0.717, 1.165) is 41.5 Å². The van der Waals surface area contributed by atoms with Gasteiger partial charge in [0.25, 0.3) is 0 Å². The summed E-state index contributed by atoms with van der Waals surface area (Å²) in [6.45, 7) is 2.59. The van der Waals surface area contributed by atoms with Crippen molar-refractivity contribution in [2.24, 2.45) is 5.92 Å². The lowest BCUT2D eigenvalue weighted by Crippen LogP contribution is -2.61. The molecule has 2 atom stereocenters. The largest absolute Gasteiger partial charge is 0.497 e. The van der Waals surface area contributed by atoms with Crippen LogP contribution in [-0.2, 0) is 17.8 Å². The second kappa shape index (κ2) is 9.05. The van der Waals surface area contributed by atoms with Gasteiger partial charge in [0.1, 0.15) is 17.4 Å². The Morgan fingerprint density at radius 3 is 2.79 bits per heavy atom. The lowest BCUT2D eigenvalue weighted by Gasteiger charge is -2.49. The first-order chi connectivity index (χ1) is 16.1. The number of amides is 1. The van der Waals surface area contributed by atoms with Gasteiger partial charge >= 0.3 is 0 Å². The number of piperazine rings is 1. The number of hydrogen-bond acceptors (Lipinski definition) is 6.